The van der Waals surface area contributed by atoms with Crippen molar-refractivity contribution in [2.45, 2.75) is 0 Å². The maximum Gasteiger partial charge on any atom is 0.204 e. The van der Waals surface area contributed by atoms with E-state index in [0.29, 0.717) is 5.82 Å². The van der Waals surface area contributed by atoms with E-state index in [9.17, 15) is 0 Å². The molecule has 0 radical (unpaired) electrons. The maximum absolute atomic E-state index is 4.19. The van der Waals surface area contributed by atoms with Gasteiger partial charge < -0.3 is 10.2 Å². The number of nitrogens with one attached hydrogen (secondary N) is 1. The highest BCUT2D eigenvalue weighted by Crippen LogP contribution is 2.20. The summed E-state index contributed by atoms with van der Waals surface area (Å²) in [5, 5.41) is 15.4. The summed E-state index contributed by atoms with van der Waals surface area (Å²) in [6, 6.07) is 8.34. The minimum atomic E-state index is 0. The van der Waals surface area contributed by atoms with Gasteiger partial charge in [0.25, 0.3) is 0 Å². The maximum atomic E-state index is 4.19. The number of piperazine rings is 1. The molecule has 1 aromatic heterocycles. The standard InChI is InChI=1S/C12H16N6.ClH/c1-17-15-12(14-16-17)10-2-4-11(5-3-10)18-8-6-13-7-9-18;/h2-5,13H,6-9H2,1H3;1H. The van der Waals surface area contributed by atoms with Crippen molar-refractivity contribution in [2.75, 3.05) is 31.1 Å². The molecule has 102 valence electrons. The Morgan fingerprint density at radius 1 is 1.11 bits per heavy atom. The van der Waals surface area contributed by atoms with Crippen LogP contribution in [-0.4, -0.2) is 46.4 Å². The lowest BCUT2D eigenvalue weighted by atomic mass is 10.2. The summed E-state index contributed by atoms with van der Waals surface area (Å²) in [6.07, 6.45) is 0. The van der Waals surface area contributed by atoms with E-state index >= 15 is 0 Å². The van der Waals surface area contributed by atoms with Crippen LogP contribution in [0.5, 0.6) is 0 Å². The van der Waals surface area contributed by atoms with Crippen molar-refractivity contribution in [3.8, 4) is 11.4 Å². The summed E-state index contributed by atoms with van der Waals surface area (Å²) >= 11 is 0. The molecular weight excluding hydrogens is 264 g/mol. The number of anilines is 1. The van der Waals surface area contributed by atoms with Crippen molar-refractivity contribution in [1.29, 1.82) is 0 Å². The molecular formula is C12H17ClN6. The van der Waals surface area contributed by atoms with Gasteiger partial charge in [-0.2, -0.15) is 4.80 Å². The second-order valence-corrected chi connectivity index (χ2v) is 4.39. The summed E-state index contributed by atoms with van der Waals surface area (Å²) in [4.78, 5) is 3.85. The van der Waals surface area contributed by atoms with E-state index < -0.39 is 0 Å². The number of hydrogen-bond acceptors (Lipinski definition) is 5. The normalized spacial score (nSPS) is 15.1. The van der Waals surface area contributed by atoms with Crippen LogP contribution in [0.15, 0.2) is 24.3 Å². The monoisotopic (exact) mass is 280 g/mol. The Morgan fingerprint density at radius 3 is 2.37 bits per heavy atom. The lowest BCUT2D eigenvalue weighted by Crippen LogP contribution is -2.43. The number of aryl methyl sites for hydroxylation is 1. The Balaban J connectivity index is 0.00000133. The van der Waals surface area contributed by atoms with Gasteiger partial charge in [-0.1, -0.05) is 0 Å². The molecule has 1 aromatic carbocycles. The molecule has 0 saturated carbocycles. The van der Waals surface area contributed by atoms with Crippen LogP contribution in [0.2, 0.25) is 0 Å². The third-order valence-corrected chi connectivity index (χ3v) is 3.12. The molecule has 1 aliphatic heterocycles. The minimum absolute atomic E-state index is 0. The number of nitrogens with zero attached hydrogens (tertiary/aromatic N) is 5. The molecule has 2 aromatic rings. The zero-order valence-electron chi connectivity index (χ0n) is 10.8. The molecule has 2 heterocycles. The summed E-state index contributed by atoms with van der Waals surface area (Å²) in [6.45, 7) is 4.21. The molecule has 0 spiro atoms. The molecule has 0 bridgehead atoms. The van der Waals surface area contributed by atoms with E-state index in [2.05, 4.69) is 37.8 Å². The second kappa shape index (κ2) is 5.99. The quantitative estimate of drug-likeness (QED) is 0.878. The fraction of sp³-hybridized carbons (Fsp3) is 0.417. The van der Waals surface area contributed by atoms with Crippen LogP contribution in [0.1, 0.15) is 0 Å². The van der Waals surface area contributed by atoms with Crippen LogP contribution in [0, 0.1) is 0 Å². The summed E-state index contributed by atoms with van der Waals surface area (Å²) < 4.78 is 0. The highest BCUT2D eigenvalue weighted by molar-refractivity contribution is 5.85. The number of aromatic nitrogens is 4. The smallest absolute Gasteiger partial charge is 0.204 e. The predicted molar refractivity (Wildman–Crippen MR) is 76.6 cm³/mol. The molecule has 1 N–H and O–H groups in total. The topological polar surface area (TPSA) is 58.9 Å². The second-order valence-electron chi connectivity index (χ2n) is 4.39. The van der Waals surface area contributed by atoms with E-state index in [1.165, 1.54) is 10.5 Å². The molecule has 0 atom stereocenters. The average Bonchev–Trinajstić information content (AvgIpc) is 2.87. The largest absolute Gasteiger partial charge is 0.369 e. The fourth-order valence-corrected chi connectivity index (χ4v) is 2.14. The van der Waals surface area contributed by atoms with Gasteiger partial charge in [-0.25, -0.2) is 0 Å². The Bertz CT molecular complexity index is 517. The molecule has 19 heavy (non-hydrogen) atoms. The number of hydrogen-bond donors (Lipinski definition) is 1. The van der Waals surface area contributed by atoms with Gasteiger partial charge in [-0.15, -0.1) is 22.6 Å². The van der Waals surface area contributed by atoms with Crippen molar-refractivity contribution < 1.29 is 0 Å². The van der Waals surface area contributed by atoms with Crippen LogP contribution in [0.3, 0.4) is 0 Å². The van der Waals surface area contributed by atoms with E-state index in [-0.39, 0.29) is 12.4 Å². The van der Waals surface area contributed by atoms with E-state index in [1.807, 2.05) is 12.1 Å². The first-order chi connectivity index (χ1) is 8.83. The number of benzene rings is 1. The average molecular weight is 281 g/mol. The third kappa shape index (κ3) is 3.02. The van der Waals surface area contributed by atoms with Crippen molar-refractivity contribution in [1.82, 2.24) is 25.5 Å². The number of halogens is 1. The molecule has 7 heteroatoms. The summed E-state index contributed by atoms with van der Waals surface area (Å²) in [5.41, 5.74) is 2.26. The van der Waals surface area contributed by atoms with E-state index in [4.69, 9.17) is 0 Å². The van der Waals surface area contributed by atoms with Crippen molar-refractivity contribution in [3.63, 3.8) is 0 Å². The van der Waals surface area contributed by atoms with E-state index in [1.54, 1.807) is 7.05 Å². The first kappa shape index (κ1) is 13.8. The Morgan fingerprint density at radius 2 is 1.79 bits per heavy atom. The number of tetrazole rings is 1. The Hall–Kier alpha value is -1.66. The molecule has 1 fully saturated rings. The molecule has 0 amide bonds. The van der Waals surface area contributed by atoms with Crippen LogP contribution < -0.4 is 10.2 Å². The molecule has 1 aliphatic rings. The fourth-order valence-electron chi connectivity index (χ4n) is 2.14. The first-order valence-electron chi connectivity index (χ1n) is 6.13. The van der Waals surface area contributed by atoms with Gasteiger partial charge in [0.15, 0.2) is 0 Å². The van der Waals surface area contributed by atoms with Crippen molar-refractivity contribution in [3.05, 3.63) is 24.3 Å². The van der Waals surface area contributed by atoms with Crippen LogP contribution >= 0.6 is 12.4 Å². The van der Waals surface area contributed by atoms with E-state index in [0.717, 1.165) is 31.7 Å². The SMILES string of the molecule is Cl.Cn1nnc(-c2ccc(N3CCNCC3)cc2)n1. The van der Waals surface area contributed by atoms with Crippen LogP contribution in [-0.2, 0) is 7.05 Å². The van der Waals surface area contributed by atoms with Gasteiger partial charge in [-0.05, 0) is 29.5 Å². The van der Waals surface area contributed by atoms with Crippen LogP contribution in [0.25, 0.3) is 11.4 Å². The highest BCUT2D eigenvalue weighted by atomic mass is 35.5. The molecule has 0 aliphatic carbocycles. The molecule has 0 unspecified atom stereocenters. The summed E-state index contributed by atoms with van der Waals surface area (Å²) in [5.74, 6) is 0.671. The van der Waals surface area contributed by atoms with Crippen molar-refractivity contribution >= 4 is 18.1 Å². The minimum Gasteiger partial charge on any atom is -0.369 e. The summed E-state index contributed by atoms with van der Waals surface area (Å²) in [7, 11) is 1.77. The molecule has 1 saturated heterocycles. The molecule has 6 nitrogen and oxygen atoms in total. The predicted octanol–water partition coefficient (Wildman–Crippen LogP) is 0.708. The van der Waals surface area contributed by atoms with Gasteiger partial charge in [-0.3, -0.25) is 0 Å². The van der Waals surface area contributed by atoms with Crippen molar-refractivity contribution in [2.24, 2.45) is 7.05 Å². The lowest BCUT2D eigenvalue weighted by molar-refractivity contribution is 0.589. The van der Waals surface area contributed by atoms with Gasteiger partial charge in [0.05, 0.1) is 7.05 Å². The Labute approximate surface area is 118 Å². The van der Waals surface area contributed by atoms with Gasteiger partial charge in [0, 0.05) is 37.4 Å². The highest BCUT2D eigenvalue weighted by Gasteiger charge is 2.11. The Kier molecular flexibility index (Phi) is 4.34. The first-order valence-corrected chi connectivity index (χ1v) is 6.13. The van der Waals surface area contributed by atoms with Gasteiger partial charge >= 0.3 is 0 Å². The zero-order valence-corrected chi connectivity index (χ0v) is 11.6. The zero-order chi connectivity index (χ0) is 12.4. The molecule has 3 rings (SSSR count). The van der Waals surface area contributed by atoms with Gasteiger partial charge in [0.1, 0.15) is 0 Å². The third-order valence-electron chi connectivity index (χ3n) is 3.12. The number of rotatable bonds is 2. The van der Waals surface area contributed by atoms with Gasteiger partial charge in [0.2, 0.25) is 5.82 Å². The van der Waals surface area contributed by atoms with Crippen LogP contribution in [0.4, 0.5) is 5.69 Å². The lowest BCUT2D eigenvalue weighted by Gasteiger charge is -2.29.